The number of hydrogen-bond donors (Lipinski definition) is 1. The largest absolute Gasteiger partial charge is 0.491 e. The summed E-state index contributed by atoms with van der Waals surface area (Å²) in [7, 11) is 1.88. The van der Waals surface area contributed by atoms with Crippen LogP contribution in [-0.4, -0.2) is 51.7 Å². The second-order valence-electron chi connectivity index (χ2n) is 5.74. The highest BCUT2D eigenvalue weighted by Crippen LogP contribution is 2.27. The summed E-state index contributed by atoms with van der Waals surface area (Å²) >= 11 is 0. The number of nitrogens with one attached hydrogen (secondary N) is 1. The molecule has 0 aliphatic heterocycles. The fourth-order valence-corrected chi connectivity index (χ4v) is 2.49. The summed E-state index contributed by atoms with van der Waals surface area (Å²) in [6, 6.07) is 13.4. The molecule has 7 heteroatoms. The Morgan fingerprint density at radius 1 is 0.963 bits per heavy atom. The minimum absolute atomic E-state index is 0.110. The topological polar surface area (TPSA) is 65.8 Å². The molecule has 0 aliphatic carbocycles. The van der Waals surface area contributed by atoms with Crippen molar-refractivity contribution in [2.24, 2.45) is 0 Å². The van der Waals surface area contributed by atoms with Gasteiger partial charge in [-0.25, -0.2) is 9.37 Å². The summed E-state index contributed by atoms with van der Waals surface area (Å²) in [5.74, 6) is 1.27. The number of alkyl halides is 1. The first kappa shape index (κ1) is 19.1. The molecule has 27 heavy (non-hydrogen) atoms. The predicted molar refractivity (Wildman–Crippen MR) is 102 cm³/mol. The van der Waals surface area contributed by atoms with Gasteiger partial charge in [0.2, 0.25) is 5.89 Å². The van der Waals surface area contributed by atoms with Crippen molar-refractivity contribution < 1.29 is 23.0 Å². The Hall–Kier alpha value is -2.64. The average Bonchev–Trinajstić information content (AvgIpc) is 3.13. The molecule has 0 saturated heterocycles. The lowest BCUT2D eigenvalue weighted by Gasteiger charge is -2.07. The number of fused-ring (bicyclic) bond motifs is 1. The second-order valence-corrected chi connectivity index (χ2v) is 5.74. The number of rotatable bonds is 11. The molecule has 3 rings (SSSR count). The lowest BCUT2D eigenvalue weighted by molar-refractivity contribution is 0.0325. The molecular formula is C20H23FN2O4. The maximum atomic E-state index is 11.9. The number of ether oxygens (including phenoxy) is 3. The molecule has 1 heterocycles. The van der Waals surface area contributed by atoms with Crippen molar-refractivity contribution in [3.05, 3.63) is 42.5 Å². The molecule has 2 aromatic carbocycles. The van der Waals surface area contributed by atoms with Gasteiger partial charge in [0.25, 0.3) is 0 Å². The third-order valence-corrected chi connectivity index (χ3v) is 3.87. The maximum absolute atomic E-state index is 11.9. The van der Waals surface area contributed by atoms with Gasteiger partial charge >= 0.3 is 0 Å². The van der Waals surface area contributed by atoms with Crippen LogP contribution in [0.3, 0.4) is 0 Å². The molecule has 0 saturated carbocycles. The van der Waals surface area contributed by atoms with Gasteiger partial charge in [0.05, 0.1) is 26.4 Å². The Balaban J connectivity index is 1.52. The van der Waals surface area contributed by atoms with Gasteiger partial charge in [-0.1, -0.05) is 0 Å². The summed E-state index contributed by atoms with van der Waals surface area (Å²) in [4.78, 5) is 4.54. The van der Waals surface area contributed by atoms with Crippen LogP contribution in [0.1, 0.15) is 0 Å². The summed E-state index contributed by atoms with van der Waals surface area (Å²) in [5, 5.41) is 3.08. The third kappa shape index (κ3) is 5.42. The van der Waals surface area contributed by atoms with Gasteiger partial charge in [0.15, 0.2) is 5.58 Å². The Bertz CT molecular complexity index is 836. The molecule has 1 N–H and O–H groups in total. The highest BCUT2D eigenvalue weighted by Gasteiger charge is 2.09. The van der Waals surface area contributed by atoms with Gasteiger partial charge in [-0.3, -0.25) is 0 Å². The van der Waals surface area contributed by atoms with E-state index < -0.39 is 6.67 Å². The van der Waals surface area contributed by atoms with Crippen LogP contribution >= 0.6 is 0 Å². The van der Waals surface area contributed by atoms with Crippen LogP contribution in [0.2, 0.25) is 0 Å². The van der Waals surface area contributed by atoms with E-state index in [4.69, 9.17) is 18.6 Å². The molecule has 144 valence electrons. The normalized spacial score (nSPS) is 11.0. The first-order chi connectivity index (χ1) is 13.3. The first-order valence-corrected chi connectivity index (χ1v) is 8.83. The molecule has 6 nitrogen and oxygen atoms in total. The number of nitrogens with zero attached hydrogens (tertiary/aromatic N) is 1. The SMILES string of the molecule is CNc1ccc(-c2nc3cc(OCCOCCOCC[18F])ccc3o2)cc1. The molecule has 0 atom stereocenters. The van der Waals surface area contributed by atoms with E-state index in [9.17, 15) is 4.39 Å². The van der Waals surface area contributed by atoms with Gasteiger partial charge in [0.1, 0.15) is 24.5 Å². The number of benzene rings is 2. The summed E-state index contributed by atoms with van der Waals surface area (Å²) in [6.07, 6.45) is 0. The lowest BCUT2D eigenvalue weighted by atomic mass is 10.2. The van der Waals surface area contributed by atoms with Crippen molar-refractivity contribution in [3.8, 4) is 17.2 Å². The molecule has 0 fully saturated rings. The molecule has 0 unspecified atom stereocenters. The number of anilines is 1. The minimum atomic E-state index is -0.476. The highest BCUT2D eigenvalue weighted by molar-refractivity contribution is 5.78. The third-order valence-electron chi connectivity index (χ3n) is 3.87. The van der Waals surface area contributed by atoms with E-state index in [0.717, 1.165) is 16.8 Å². The molecule has 0 aliphatic rings. The van der Waals surface area contributed by atoms with E-state index in [1.54, 1.807) is 0 Å². The van der Waals surface area contributed by atoms with Crippen LogP contribution in [0.25, 0.3) is 22.6 Å². The van der Waals surface area contributed by atoms with Gasteiger partial charge < -0.3 is 23.9 Å². The van der Waals surface area contributed by atoms with Gasteiger partial charge in [0, 0.05) is 24.4 Å². The zero-order valence-corrected chi connectivity index (χ0v) is 15.2. The van der Waals surface area contributed by atoms with Crippen LogP contribution in [0.5, 0.6) is 5.75 Å². The molecule has 1 aromatic heterocycles. The number of oxazole rings is 1. The van der Waals surface area contributed by atoms with E-state index in [2.05, 4.69) is 10.3 Å². The summed E-state index contributed by atoms with van der Waals surface area (Å²) in [6.45, 7) is 1.27. The Kier molecular flexibility index (Phi) is 7.01. The number of halogens is 1. The Morgan fingerprint density at radius 2 is 1.70 bits per heavy atom. The quantitative estimate of drug-likeness (QED) is 0.514. The van der Waals surface area contributed by atoms with Crippen LogP contribution in [0.15, 0.2) is 46.9 Å². The predicted octanol–water partition coefficient (Wildman–Crippen LogP) is 3.92. The van der Waals surface area contributed by atoms with Crippen molar-refractivity contribution in [3.63, 3.8) is 0 Å². The maximum Gasteiger partial charge on any atom is 0.227 e. The van der Waals surface area contributed by atoms with E-state index in [0.29, 0.717) is 43.7 Å². The highest BCUT2D eigenvalue weighted by atomic mass is 18.2. The van der Waals surface area contributed by atoms with E-state index >= 15 is 0 Å². The van der Waals surface area contributed by atoms with Gasteiger partial charge in [-0.2, -0.15) is 0 Å². The molecule has 0 amide bonds. The van der Waals surface area contributed by atoms with E-state index in [1.807, 2.05) is 49.5 Å². The van der Waals surface area contributed by atoms with E-state index in [-0.39, 0.29) is 6.61 Å². The fraction of sp³-hybridized carbons (Fsp3) is 0.350. The number of hydrogen-bond acceptors (Lipinski definition) is 6. The van der Waals surface area contributed by atoms with Crippen molar-refractivity contribution in [1.29, 1.82) is 0 Å². The first-order valence-electron chi connectivity index (χ1n) is 8.83. The Morgan fingerprint density at radius 3 is 2.44 bits per heavy atom. The van der Waals surface area contributed by atoms with Gasteiger partial charge in [-0.05, 0) is 36.4 Å². The van der Waals surface area contributed by atoms with Crippen molar-refractivity contribution in [2.75, 3.05) is 52.1 Å². The zero-order chi connectivity index (χ0) is 18.9. The minimum Gasteiger partial charge on any atom is -0.491 e. The smallest absolute Gasteiger partial charge is 0.227 e. The molecule has 3 aromatic rings. The van der Waals surface area contributed by atoms with Crippen LogP contribution in [-0.2, 0) is 9.47 Å². The van der Waals surface area contributed by atoms with Crippen molar-refractivity contribution in [2.45, 2.75) is 0 Å². The Labute approximate surface area is 157 Å². The second kappa shape index (κ2) is 9.89. The zero-order valence-electron chi connectivity index (χ0n) is 15.2. The van der Waals surface area contributed by atoms with Gasteiger partial charge in [-0.15, -0.1) is 0 Å². The monoisotopic (exact) mass is 373 g/mol. The van der Waals surface area contributed by atoms with Crippen LogP contribution in [0, 0.1) is 0 Å². The summed E-state index contributed by atoms with van der Waals surface area (Å²) in [5.41, 5.74) is 3.38. The van der Waals surface area contributed by atoms with Crippen molar-refractivity contribution in [1.82, 2.24) is 4.98 Å². The van der Waals surface area contributed by atoms with Crippen molar-refractivity contribution >= 4 is 16.8 Å². The average molecular weight is 373 g/mol. The lowest BCUT2D eigenvalue weighted by Crippen LogP contribution is -2.11. The van der Waals surface area contributed by atoms with Crippen LogP contribution in [0.4, 0.5) is 10.1 Å². The van der Waals surface area contributed by atoms with Crippen LogP contribution < -0.4 is 10.1 Å². The molecule has 0 bridgehead atoms. The summed E-state index contributed by atoms with van der Waals surface area (Å²) < 4.78 is 33.7. The number of aromatic nitrogens is 1. The molecule has 0 radical (unpaired) electrons. The van der Waals surface area contributed by atoms with E-state index in [1.165, 1.54) is 0 Å². The fourth-order valence-electron chi connectivity index (χ4n) is 2.49. The molecule has 0 spiro atoms. The standard InChI is InChI=1S/C20H23FN2O4/c1-22-16-4-2-15(3-5-16)20-23-18-14-17(6-7-19(18)27-20)26-13-12-25-11-10-24-9-8-21/h2-7,14,22H,8-13H2,1H3/i21-1. The molecular weight excluding hydrogens is 350 g/mol.